The first-order valence-corrected chi connectivity index (χ1v) is 7.76. The molecule has 1 N–H and O–H groups in total. The first-order valence-electron chi connectivity index (χ1n) is 6.56. The van der Waals surface area contributed by atoms with E-state index in [1.54, 1.807) is 0 Å². The Kier molecular flexibility index (Phi) is 5.15. The first-order chi connectivity index (χ1) is 9.60. The number of hydrogen-bond acceptors (Lipinski definition) is 3. The lowest BCUT2D eigenvalue weighted by molar-refractivity contribution is 0.0700. The number of carboxylic acids is 1. The van der Waals surface area contributed by atoms with Crippen molar-refractivity contribution in [1.82, 2.24) is 4.98 Å². The molecule has 106 valence electrons. The van der Waals surface area contributed by atoms with Gasteiger partial charge >= 0.3 is 5.97 Å². The van der Waals surface area contributed by atoms with E-state index in [1.807, 2.05) is 24.3 Å². The number of halogens is 1. The minimum atomic E-state index is -0.883. The van der Waals surface area contributed by atoms with Gasteiger partial charge in [-0.25, -0.2) is 9.78 Å². The van der Waals surface area contributed by atoms with Crippen molar-refractivity contribution in [2.24, 2.45) is 0 Å². The van der Waals surface area contributed by atoms with Crippen molar-refractivity contribution < 1.29 is 9.90 Å². The fourth-order valence-electron chi connectivity index (χ4n) is 1.98. The van der Waals surface area contributed by atoms with Crippen molar-refractivity contribution in [3.8, 4) is 0 Å². The molecule has 1 aromatic carbocycles. The van der Waals surface area contributed by atoms with Gasteiger partial charge in [0.15, 0.2) is 0 Å². The van der Waals surface area contributed by atoms with Gasteiger partial charge in [-0.2, -0.15) is 0 Å². The SMILES string of the molecule is CCCCc1nc(Cc2cccc(Cl)c2)sc1C(=O)O. The van der Waals surface area contributed by atoms with Gasteiger partial charge in [0.1, 0.15) is 4.88 Å². The maximum Gasteiger partial charge on any atom is 0.347 e. The monoisotopic (exact) mass is 309 g/mol. The van der Waals surface area contributed by atoms with Crippen LogP contribution < -0.4 is 0 Å². The normalized spacial score (nSPS) is 10.7. The van der Waals surface area contributed by atoms with E-state index >= 15 is 0 Å². The summed E-state index contributed by atoms with van der Waals surface area (Å²) < 4.78 is 0. The van der Waals surface area contributed by atoms with Crippen molar-refractivity contribution in [3.05, 3.63) is 50.4 Å². The summed E-state index contributed by atoms with van der Waals surface area (Å²) in [6.45, 7) is 2.08. The minimum absolute atomic E-state index is 0.371. The molecule has 1 heterocycles. The molecule has 0 aliphatic rings. The molecule has 0 amide bonds. The topological polar surface area (TPSA) is 50.2 Å². The molecular weight excluding hydrogens is 294 g/mol. The fraction of sp³-hybridized carbons (Fsp3) is 0.333. The Balaban J connectivity index is 2.22. The summed E-state index contributed by atoms with van der Waals surface area (Å²) in [6, 6.07) is 7.57. The smallest absolute Gasteiger partial charge is 0.347 e. The lowest BCUT2D eigenvalue weighted by Crippen LogP contribution is -1.98. The highest BCUT2D eigenvalue weighted by Gasteiger charge is 2.16. The maximum absolute atomic E-state index is 11.3. The highest BCUT2D eigenvalue weighted by molar-refractivity contribution is 7.13. The van der Waals surface area contributed by atoms with Crippen molar-refractivity contribution in [3.63, 3.8) is 0 Å². The molecule has 5 heteroatoms. The number of benzene rings is 1. The van der Waals surface area contributed by atoms with E-state index in [9.17, 15) is 9.90 Å². The minimum Gasteiger partial charge on any atom is -0.477 e. The summed E-state index contributed by atoms with van der Waals surface area (Å²) in [4.78, 5) is 16.1. The number of rotatable bonds is 6. The molecule has 2 aromatic rings. The van der Waals surface area contributed by atoms with Crippen LogP contribution >= 0.6 is 22.9 Å². The number of thiazole rings is 1. The van der Waals surface area contributed by atoms with Gasteiger partial charge in [0, 0.05) is 11.4 Å². The highest BCUT2D eigenvalue weighted by Crippen LogP contribution is 2.23. The first kappa shape index (κ1) is 15.0. The Morgan fingerprint density at radius 2 is 2.25 bits per heavy atom. The van der Waals surface area contributed by atoms with Gasteiger partial charge in [0.25, 0.3) is 0 Å². The van der Waals surface area contributed by atoms with Crippen LogP contribution in [0.25, 0.3) is 0 Å². The number of carboxylic acid groups (broad SMARTS) is 1. The van der Waals surface area contributed by atoms with E-state index in [-0.39, 0.29) is 0 Å². The highest BCUT2D eigenvalue weighted by atomic mass is 35.5. The van der Waals surface area contributed by atoms with Gasteiger partial charge in [-0.05, 0) is 30.5 Å². The quantitative estimate of drug-likeness (QED) is 0.859. The van der Waals surface area contributed by atoms with Crippen LogP contribution in [-0.2, 0) is 12.8 Å². The van der Waals surface area contributed by atoms with Gasteiger partial charge in [0.05, 0.1) is 10.7 Å². The van der Waals surface area contributed by atoms with Crippen LogP contribution in [0.5, 0.6) is 0 Å². The zero-order valence-electron chi connectivity index (χ0n) is 11.2. The number of carbonyl (C=O) groups is 1. The zero-order valence-corrected chi connectivity index (χ0v) is 12.8. The van der Waals surface area contributed by atoms with Crippen LogP contribution in [-0.4, -0.2) is 16.1 Å². The van der Waals surface area contributed by atoms with Crippen LogP contribution in [0.1, 0.15) is 45.7 Å². The second-order valence-corrected chi connectivity index (χ2v) is 6.12. The molecule has 0 radical (unpaired) electrons. The van der Waals surface area contributed by atoms with E-state index < -0.39 is 5.97 Å². The van der Waals surface area contributed by atoms with E-state index in [2.05, 4.69) is 11.9 Å². The standard InChI is InChI=1S/C15H16ClNO2S/c1-2-3-7-12-14(15(18)19)20-13(17-12)9-10-5-4-6-11(16)8-10/h4-6,8H,2-3,7,9H2,1H3,(H,18,19). The maximum atomic E-state index is 11.3. The van der Waals surface area contributed by atoms with E-state index in [0.717, 1.165) is 29.8 Å². The second-order valence-electron chi connectivity index (χ2n) is 4.60. The van der Waals surface area contributed by atoms with Crippen LogP contribution in [0.2, 0.25) is 5.02 Å². The van der Waals surface area contributed by atoms with Crippen LogP contribution in [0.3, 0.4) is 0 Å². The number of unbranched alkanes of at least 4 members (excludes halogenated alkanes) is 1. The lowest BCUT2D eigenvalue weighted by Gasteiger charge is -1.98. The molecular formula is C15H16ClNO2S. The molecule has 0 bridgehead atoms. The predicted molar refractivity (Wildman–Crippen MR) is 81.9 cm³/mol. The average Bonchev–Trinajstić information content (AvgIpc) is 2.79. The molecule has 0 aliphatic carbocycles. The summed E-state index contributed by atoms with van der Waals surface area (Å²) >= 11 is 7.22. The number of aromatic nitrogens is 1. The van der Waals surface area contributed by atoms with Crippen molar-refractivity contribution in [2.75, 3.05) is 0 Å². The molecule has 20 heavy (non-hydrogen) atoms. The van der Waals surface area contributed by atoms with Crippen molar-refractivity contribution >= 4 is 28.9 Å². The van der Waals surface area contributed by atoms with E-state index in [4.69, 9.17) is 11.6 Å². The molecule has 0 spiro atoms. The van der Waals surface area contributed by atoms with Crippen molar-refractivity contribution in [2.45, 2.75) is 32.6 Å². The summed E-state index contributed by atoms with van der Waals surface area (Å²) in [5, 5.41) is 10.8. The van der Waals surface area contributed by atoms with Crippen molar-refractivity contribution in [1.29, 1.82) is 0 Å². The molecule has 2 rings (SSSR count). The Bertz CT molecular complexity index is 610. The van der Waals surface area contributed by atoms with Gasteiger partial charge < -0.3 is 5.11 Å². The Hall–Kier alpha value is -1.39. The molecule has 1 aromatic heterocycles. The lowest BCUT2D eigenvalue weighted by atomic mass is 10.1. The number of aromatic carboxylic acids is 1. The van der Waals surface area contributed by atoms with Crippen LogP contribution in [0.15, 0.2) is 24.3 Å². The third kappa shape index (κ3) is 3.81. The van der Waals surface area contributed by atoms with Crippen LogP contribution in [0.4, 0.5) is 0 Å². The zero-order chi connectivity index (χ0) is 14.5. The Morgan fingerprint density at radius 1 is 1.45 bits per heavy atom. The third-order valence-corrected chi connectivity index (χ3v) is 4.27. The molecule has 0 saturated carbocycles. The fourth-order valence-corrected chi connectivity index (χ4v) is 3.17. The summed E-state index contributed by atoms with van der Waals surface area (Å²) in [7, 11) is 0. The van der Waals surface area contributed by atoms with Gasteiger partial charge in [0.2, 0.25) is 0 Å². The summed E-state index contributed by atoms with van der Waals surface area (Å²) in [5.74, 6) is -0.883. The molecule has 0 saturated heterocycles. The second kappa shape index (κ2) is 6.86. The molecule has 3 nitrogen and oxygen atoms in total. The molecule has 0 aliphatic heterocycles. The Labute approximate surface area is 127 Å². The number of nitrogens with zero attached hydrogens (tertiary/aromatic N) is 1. The van der Waals surface area contributed by atoms with Crippen LogP contribution in [0, 0.1) is 0 Å². The molecule has 0 unspecified atom stereocenters. The third-order valence-electron chi connectivity index (χ3n) is 2.95. The van der Waals surface area contributed by atoms with Gasteiger partial charge in [-0.15, -0.1) is 11.3 Å². The summed E-state index contributed by atoms with van der Waals surface area (Å²) in [6.07, 6.45) is 3.34. The Morgan fingerprint density at radius 3 is 2.90 bits per heavy atom. The van der Waals surface area contributed by atoms with Gasteiger partial charge in [-0.3, -0.25) is 0 Å². The number of aryl methyl sites for hydroxylation is 1. The molecule has 0 fully saturated rings. The largest absolute Gasteiger partial charge is 0.477 e. The van der Waals surface area contributed by atoms with E-state index in [1.165, 1.54) is 11.3 Å². The van der Waals surface area contributed by atoms with Gasteiger partial charge in [-0.1, -0.05) is 37.1 Å². The predicted octanol–water partition coefficient (Wildman–Crippen LogP) is 4.43. The molecule has 0 atom stereocenters. The number of hydrogen-bond donors (Lipinski definition) is 1. The summed E-state index contributed by atoms with van der Waals surface area (Å²) in [5.41, 5.74) is 1.76. The average molecular weight is 310 g/mol. The van der Waals surface area contributed by atoms with E-state index in [0.29, 0.717) is 22.0 Å².